The van der Waals surface area contributed by atoms with Gasteiger partial charge in [0.25, 0.3) is 0 Å². The summed E-state index contributed by atoms with van der Waals surface area (Å²) >= 11 is 0. The van der Waals surface area contributed by atoms with Gasteiger partial charge in [-0.25, -0.2) is 0 Å². The van der Waals surface area contributed by atoms with E-state index in [0.717, 1.165) is 19.3 Å². The van der Waals surface area contributed by atoms with E-state index in [2.05, 4.69) is 28.2 Å². The van der Waals surface area contributed by atoms with Crippen LogP contribution in [0, 0.1) is 0 Å². The highest BCUT2D eigenvalue weighted by Crippen LogP contribution is 2.13. The van der Waals surface area contributed by atoms with E-state index in [1.54, 1.807) is 0 Å². The molecule has 0 aromatic rings. The van der Waals surface area contributed by atoms with Crippen molar-refractivity contribution in [3.8, 4) is 0 Å². The first-order valence-electron chi connectivity index (χ1n) is 17.0. The van der Waals surface area contributed by atoms with Crippen LogP contribution in [0.4, 0.5) is 0 Å². The van der Waals surface area contributed by atoms with Crippen molar-refractivity contribution in [3.63, 3.8) is 0 Å². The third kappa shape index (κ3) is 26.9. The third-order valence-electron chi connectivity index (χ3n) is 7.50. The number of nitrogens with one attached hydrogen (secondary N) is 4. The van der Waals surface area contributed by atoms with Gasteiger partial charge in [-0.3, -0.25) is 24.0 Å². The van der Waals surface area contributed by atoms with Gasteiger partial charge in [0.15, 0.2) is 0 Å². The number of unbranched alkanes of at least 4 members (excludes halogenated alkanes) is 12. The maximum atomic E-state index is 12.5. The molecule has 2 atom stereocenters. The third-order valence-corrected chi connectivity index (χ3v) is 7.50. The highest BCUT2D eigenvalue weighted by molar-refractivity contribution is 5.88. The minimum atomic E-state index is -1.04. The van der Waals surface area contributed by atoms with Gasteiger partial charge in [0.1, 0.15) is 0 Å². The summed E-state index contributed by atoms with van der Waals surface area (Å²) in [6, 6.07) is -0.952. The minimum Gasteiger partial charge on any atom is -0.481 e. The molecule has 0 saturated carbocycles. The van der Waals surface area contributed by atoms with Crippen LogP contribution in [0.1, 0.15) is 135 Å². The topological polar surface area (TPSA) is 206 Å². The van der Waals surface area contributed by atoms with Crippen molar-refractivity contribution in [3.05, 3.63) is 0 Å². The first kappa shape index (κ1) is 41.3. The smallest absolute Gasteiger partial charge is 0.305 e. The number of carbonyl (C=O) groups excluding carboxylic acids is 4. The molecule has 0 spiro atoms. The van der Waals surface area contributed by atoms with Crippen molar-refractivity contribution in [1.82, 2.24) is 21.3 Å². The standard InChI is InChI=1S/C32H62N6O6/c1-2-3-4-5-6-7-8-9-10-11-12-13-14-19-28(39)37-26(17-15-20-33)22-29(40)35-24-30(41)36-25-31(42)38-27(18-16-21-34)23-32(43)44/h26-27H,2-25,33-34H2,1H3,(H,35,40)(H,36,41)(H,37,39)(H,38,42)(H,43,44)/t26-,27-/m1/s1. The zero-order chi connectivity index (χ0) is 32.8. The van der Waals surface area contributed by atoms with Crippen molar-refractivity contribution in [2.24, 2.45) is 11.5 Å². The fourth-order valence-electron chi connectivity index (χ4n) is 4.99. The van der Waals surface area contributed by atoms with E-state index in [-0.39, 0.29) is 37.9 Å². The summed E-state index contributed by atoms with van der Waals surface area (Å²) in [7, 11) is 0. The number of nitrogens with two attached hydrogens (primary N) is 2. The van der Waals surface area contributed by atoms with Crippen LogP contribution in [0.5, 0.6) is 0 Å². The summed E-state index contributed by atoms with van der Waals surface area (Å²) in [6.45, 7) is 2.39. The van der Waals surface area contributed by atoms with Crippen molar-refractivity contribution in [2.75, 3.05) is 26.2 Å². The molecule has 44 heavy (non-hydrogen) atoms. The average molecular weight is 627 g/mol. The van der Waals surface area contributed by atoms with E-state index in [0.29, 0.717) is 45.2 Å². The Morgan fingerprint density at radius 1 is 0.545 bits per heavy atom. The molecule has 0 aliphatic heterocycles. The lowest BCUT2D eigenvalue weighted by atomic mass is 10.0. The Bertz CT molecular complexity index is 797. The molecule has 0 rings (SSSR count). The van der Waals surface area contributed by atoms with E-state index >= 15 is 0 Å². The first-order valence-corrected chi connectivity index (χ1v) is 17.0. The molecule has 0 aromatic carbocycles. The molecule has 256 valence electrons. The molecule has 9 N–H and O–H groups in total. The SMILES string of the molecule is CCCCCCCCCCCCCCCC(=O)N[C@H](CCCN)CC(=O)NCC(=O)NCC(=O)N[C@H](CCCN)CC(=O)O. The summed E-state index contributed by atoms with van der Waals surface area (Å²) in [4.78, 5) is 60.2. The Labute approximate surface area is 265 Å². The van der Waals surface area contributed by atoms with Gasteiger partial charge in [0.2, 0.25) is 23.6 Å². The maximum Gasteiger partial charge on any atom is 0.305 e. The fraction of sp³-hybridized carbons (Fsp3) is 0.844. The molecule has 0 aliphatic carbocycles. The van der Waals surface area contributed by atoms with Gasteiger partial charge in [-0.05, 0) is 45.2 Å². The van der Waals surface area contributed by atoms with Crippen molar-refractivity contribution < 1.29 is 29.1 Å². The molecule has 0 fully saturated rings. The Morgan fingerprint density at radius 2 is 0.977 bits per heavy atom. The number of carbonyl (C=O) groups is 5. The molecular formula is C32H62N6O6. The van der Waals surface area contributed by atoms with E-state index in [4.69, 9.17) is 16.6 Å². The van der Waals surface area contributed by atoms with Crippen LogP contribution in [0.3, 0.4) is 0 Å². The molecule has 12 heteroatoms. The number of hydrogen-bond donors (Lipinski definition) is 7. The van der Waals surface area contributed by atoms with E-state index in [1.165, 1.54) is 64.2 Å². The van der Waals surface area contributed by atoms with Crippen LogP contribution >= 0.6 is 0 Å². The van der Waals surface area contributed by atoms with Gasteiger partial charge in [0, 0.05) is 24.9 Å². The summed E-state index contributed by atoms with van der Waals surface area (Å²) in [5.41, 5.74) is 11.1. The Kier molecular flexibility index (Phi) is 27.2. The minimum absolute atomic E-state index is 0.0239. The molecular weight excluding hydrogens is 564 g/mol. The molecule has 0 bridgehead atoms. The maximum absolute atomic E-state index is 12.5. The quantitative estimate of drug-likeness (QED) is 0.0589. The first-order chi connectivity index (χ1) is 21.2. The Balaban J connectivity index is 4.19. The molecule has 12 nitrogen and oxygen atoms in total. The average Bonchev–Trinajstić information content (AvgIpc) is 2.98. The molecule has 0 aliphatic rings. The van der Waals surface area contributed by atoms with Gasteiger partial charge in [0.05, 0.1) is 19.5 Å². The van der Waals surface area contributed by atoms with Crippen LogP contribution < -0.4 is 32.7 Å². The molecule has 4 amide bonds. The van der Waals surface area contributed by atoms with E-state index in [9.17, 15) is 24.0 Å². The predicted molar refractivity (Wildman–Crippen MR) is 174 cm³/mol. The number of carboxylic acids is 1. The summed E-state index contributed by atoms with van der Waals surface area (Å²) in [5, 5.41) is 19.4. The zero-order valence-electron chi connectivity index (χ0n) is 27.3. The van der Waals surface area contributed by atoms with Crippen LogP contribution in [0.25, 0.3) is 0 Å². The second-order valence-corrected chi connectivity index (χ2v) is 11.7. The van der Waals surface area contributed by atoms with Crippen LogP contribution in [0.2, 0.25) is 0 Å². The van der Waals surface area contributed by atoms with E-state index < -0.39 is 29.7 Å². The lowest BCUT2D eigenvalue weighted by Gasteiger charge is -2.18. The number of amides is 4. The number of hydrogen-bond acceptors (Lipinski definition) is 7. The van der Waals surface area contributed by atoms with Gasteiger partial charge < -0.3 is 37.8 Å². The lowest BCUT2D eigenvalue weighted by molar-refractivity contribution is -0.138. The number of rotatable bonds is 30. The largest absolute Gasteiger partial charge is 0.481 e. The van der Waals surface area contributed by atoms with Crippen LogP contribution in [-0.4, -0.2) is 73.0 Å². The summed E-state index contributed by atoms with van der Waals surface area (Å²) < 4.78 is 0. The number of carboxylic acid groups (broad SMARTS) is 1. The fourth-order valence-corrected chi connectivity index (χ4v) is 4.99. The molecule has 0 radical (unpaired) electrons. The Morgan fingerprint density at radius 3 is 1.48 bits per heavy atom. The van der Waals surface area contributed by atoms with Crippen molar-refractivity contribution >= 4 is 29.6 Å². The highest BCUT2D eigenvalue weighted by atomic mass is 16.4. The zero-order valence-corrected chi connectivity index (χ0v) is 27.3. The van der Waals surface area contributed by atoms with Crippen LogP contribution in [0.15, 0.2) is 0 Å². The molecule has 0 saturated heterocycles. The number of aliphatic carboxylic acids is 1. The van der Waals surface area contributed by atoms with Crippen molar-refractivity contribution in [1.29, 1.82) is 0 Å². The molecule has 0 heterocycles. The second kappa shape index (κ2) is 29.0. The lowest BCUT2D eigenvalue weighted by Crippen LogP contribution is -2.46. The van der Waals surface area contributed by atoms with Crippen molar-refractivity contribution in [2.45, 2.75) is 147 Å². The monoisotopic (exact) mass is 626 g/mol. The van der Waals surface area contributed by atoms with Gasteiger partial charge >= 0.3 is 5.97 Å². The highest BCUT2D eigenvalue weighted by Gasteiger charge is 2.18. The summed E-state index contributed by atoms with van der Waals surface area (Å²) in [6.07, 6.45) is 18.5. The summed E-state index contributed by atoms with van der Waals surface area (Å²) in [5.74, 6) is -2.61. The Hall–Kier alpha value is -2.73. The van der Waals surface area contributed by atoms with Crippen LogP contribution in [-0.2, 0) is 24.0 Å². The van der Waals surface area contributed by atoms with E-state index in [1.807, 2.05) is 0 Å². The predicted octanol–water partition coefficient (Wildman–Crippen LogP) is 3.01. The second-order valence-electron chi connectivity index (χ2n) is 11.7. The normalized spacial score (nSPS) is 12.2. The van der Waals surface area contributed by atoms with Gasteiger partial charge in [-0.1, -0.05) is 84.0 Å². The molecule has 0 unspecified atom stereocenters. The van der Waals surface area contributed by atoms with Gasteiger partial charge in [-0.2, -0.15) is 0 Å². The molecule has 0 aromatic heterocycles. The van der Waals surface area contributed by atoms with Gasteiger partial charge in [-0.15, -0.1) is 0 Å².